The minimum atomic E-state index is -0.613. The smallest absolute Gasteiger partial charge is 0.258 e. The van der Waals surface area contributed by atoms with Crippen molar-refractivity contribution < 1.29 is 8.78 Å². The molecule has 6 heteroatoms. The maximum absolute atomic E-state index is 13.6. The average Bonchev–Trinajstić information content (AvgIpc) is 2.47. The Bertz CT molecular complexity index is 908. The van der Waals surface area contributed by atoms with Crippen molar-refractivity contribution in [2.24, 2.45) is 0 Å². The summed E-state index contributed by atoms with van der Waals surface area (Å²) in [4.78, 5) is 16.8. The molecule has 1 aromatic carbocycles. The van der Waals surface area contributed by atoms with Crippen LogP contribution >= 0.6 is 11.8 Å². The highest BCUT2D eigenvalue weighted by molar-refractivity contribution is 7.98. The number of fused-ring (bicyclic) bond motifs is 1. The first kappa shape index (κ1) is 14.7. The zero-order valence-corrected chi connectivity index (χ0v) is 12.5. The van der Waals surface area contributed by atoms with Crippen LogP contribution in [0, 0.1) is 18.6 Å². The molecule has 0 unspecified atom stereocenters. The van der Waals surface area contributed by atoms with Crippen LogP contribution in [0.15, 0.2) is 52.3 Å². The lowest BCUT2D eigenvalue weighted by atomic mass is 10.3. The number of halogens is 2. The van der Waals surface area contributed by atoms with Crippen LogP contribution in [0.1, 0.15) is 11.3 Å². The molecule has 0 spiro atoms. The van der Waals surface area contributed by atoms with Crippen LogP contribution in [0.2, 0.25) is 0 Å². The Morgan fingerprint density at radius 2 is 2.00 bits per heavy atom. The third-order valence-corrected chi connectivity index (χ3v) is 4.21. The normalized spacial score (nSPS) is 11.0. The zero-order chi connectivity index (χ0) is 15.7. The van der Waals surface area contributed by atoms with E-state index in [-0.39, 0.29) is 5.56 Å². The first-order valence-corrected chi connectivity index (χ1v) is 7.58. The van der Waals surface area contributed by atoms with Crippen molar-refractivity contribution >= 4 is 17.4 Å². The fourth-order valence-electron chi connectivity index (χ4n) is 2.08. The van der Waals surface area contributed by atoms with Crippen molar-refractivity contribution in [3.63, 3.8) is 0 Å². The summed E-state index contributed by atoms with van der Waals surface area (Å²) in [6.45, 7) is 1.90. The van der Waals surface area contributed by atoms with Crippen LogP contribution in [0.4, 0.5) is 8.78 Å². The number of thioether (sulfide) groups is 1. The highest BCUT2D eigenvalue weighted by atomic mass is 32.2. The highest BCUT2D eigenvalue weighted by Gasteiger charge is 2.07. The summed E-state index contributed by atoms with van der Waals surface area (Å²) < 4.78 is 27.9. The van der Waals surface area contributed by atoms with E-state index >= 15 is 0 Å². The SMILES string of the molecule is Cc1ccc2nc(CSc3ccc(F)cc3F)cc(=O)n2c1. The van der Waals surface area contributed by atoms with Gasteiger partial charge in [0.2, 0.25) is 0 Å². The summed E-state index contributed by atoms with van der Waals surface area (Å²) in [5.74, 6) is -0.889. The van der Waals surface area contributed by atoms with Crippen molar-refractivity contribution in [3.8, 4) is 0 Å². The van der Waals surface area contributed by atoms with Gasteiger partial charge in [-0.15, -0.1) is 11.8 Å². The molecule has 2 heterocycles. The van der Waals surface area contributed by atoms with Crippen LogP contribution in [-0.2, 0) is 5.75 Å². The summed E-state index contributed by atoms with van der Waals surface area (Å²) in [6, 6.07) is 8.50. The molecule has 0 saturated heterocycles. The molecule has 3 rings (SSSR count). The standard InChI is InChI=1S/C16H12F2N2OS/c1-10-2-5-15-19-12(7-16(21)20(15)8-10)9-22-14-4-3-11(17)6-13(14)18/h2-8H,9H2,1H3. The molecule has 0 radical (unpaired) electrons. The van der Waals surface area contributed by atoms with E-state index in [0.717, 1.165) is 11.6 Å². The van der Waals surface area contributed by atoms with E-state index < -0.39 is 11.6 Å². The molecule has 0 fully saturated rings. The fraction of sp³-hybridized carbons (Fsp3) is 0.125. The molecule has 0 atom stereocenters. The van der Waals surface area contributed by atoms with Gasteiger partial charge in [0.15, 0.2) is 0 Å². The molecule has 3 nitrogen and oxygen atoms in total. The Kier molecular flexibility index (Phi) is 3.94. The van der Waals surface area contributed by atoms with E-state index in [0.29, 0.717) is 22.0 Å². The molecule has 112 valence electrons. The topological polar surface area (TPSA) is 34.4 Å². The number of nitrogens with zero attached hydrogens (tertiary/aromatic N) is 2. The summed E-state index contributed by atoms with van der Waals surface area (Å²) >= 11 is 1.18. The molecule has 0 N–H and O–H groups in total. The lowest BCUT2D eigenvalue weighted by Gasteiger charge is -2.06. The molecule has 0 bridgehead atoms. The second kappa shape index (κ2) is 5.88. The van der Waals surface area contributed by atoms with Crippen molar-refractivity contribution in [3.05, 3.63) is 75.8 Å². The van der Waals surface area contributed by atoms with Gasteiger partial charge in [-0.25, -0.2) is 13.8 Å². The number of aryl methyl sites for hydroxylation is 1. The predicted octanol–water partition coefficient (Wildman–Crippen LogP) is 3.57. The van der Waals surface area contributed by atoms with Crippen LogP contribution in [0.5, 0.6) is 0 Å². The highest BCUT2D eigenvalue weighted by Crippen LogP contribution is 2.25. The molecule has 0 aliphatic carbocycles. The molecule has 3 aromatic rings. The van der Waals surface area contributed by atoms with Gasteiger partial charge in [-0.3, -0.25) is 9.20 Å². The number of benzene rings is 1. The van der Waals surface area contributed by atoms with Crippen molar-refractivity contribution in [2.45, 2.75) is 17.6 Å². The predicted molar refractivity (Wildman–Crippen MR) is 82.1 cm³/mol. The Morgan fingerprint density at radius 1 is 1.18 bits per heavy atom. The van der Waals surface area contributed by atoms with Gasteiger partial charge in [-0.05, 0) is 30.7 Å². The van der Waals surface area contributed by atoms with E-state index in [1.54, 1.807) is 12.3 Å². The van der Waals surface area contributed by atoms with Gasteiger partial charge in [0.25, 0.3) is 5.56 Å². The van der Waals surface area contributed by atoms with Gasteiger partial charge in [0.1, 0.15) is 17.3 Å². The van der Waals surface area contributed by atoms with E-state index in [1.807, 2.05) is 13.0 Å². The zero-order valence-electron chi connectivity index (χ0n) is 11.7. The first-order valence-electron chi connectivity index (χ1n) is 6.60. The molecule has 0 aliphatic rings. The van der Waals surface area contributed by atoms with Gasteiger partial charge in [-0.2, -0.15) is 0 Å². The minimum absolute atomic E-state index is 0.177. The lowest BCUT2D eigenvalue weighted by Crippen LogP contribution is -2.15. The van der Waals surface area contributed by atoms with Crippen LogP contribution in [0.25, 0.3) is 5.65 Å². The molecule has 0 amide bonds. The van der Waals surface area contributed by atoms with Crippen molar-refractivity contribution in [2.75, 3.05) is 0 Å². The number of rotatable bonds is 3. The molecular formula is C16H12F2N2OS. The Labute approximate surface area is 129 Å². The second-order valence-corrected chi connectivity index (χ2v) is 5.90. The monoisotopic (exact) mass is 318 g/mol. The van der Waals surface area contributed by atoms with Crippen molar-refractivity contribution in [1.29, 1.82) is 0 Å². The lowest BCUT2D eigenvalue weighted by molar-refractivity contribution is 0.565. The molecule has 22 heavy (non-hydrogen) atoms. The van der Waals surface area contributed by atoms with Crippen molar-refractivity contribution in [1.82, 2.24) is 9.38 Å². The number of pyridine rings is 1. The maximum Gasteiger partial charge on any atom is 0.258 e. The minimum Gasteiger partial charge on any atom is -0.269 e. The molecule has 2 aromatic heterocycles. The molecule has 0 saturated carbocycles. The van der Waals surface area contributed by atoms with Crippen LogP contribution < -0.4 is 5.56 Å². The molecular weight excluding hydrogens is 306 g/mol. The van der Waals surface area contributed by atoms with Crippen LogP contribution in [-0.4, -0.2) is 9.38 Å². The summed E-state index contributed by atoms with van der Waals surface area (Å²) in [5, 5.41) is 0. The Balaban J connectivity index is 1.88. The van der Waals surface area contributed by atoms with E-state index in [2.05, 4.69) is 4.98 Å². The van der Waals surface area contributed by atoms with E-state index in [1.165, 1.54) is 34.4 Å². The largest absolute Gasteiger partial charge is 0.269 e. The van der Waals surface area contributed by atoms with Gasteiger partial charge < -0.3 is 0 Å². The van der Waals surface area contributed by atoms with E-state index in [9.17, 15) is 13.6 Å². The summed E-state index contributed by atoms with van der Waals surface area (Å²) in [7, 11) is 0. The van der Waals surface area contributed by atoms with Gasteiger partial charge in [0, 0.05) is 29.0 Å². The fourth-order valence-corrected chi connectivity index (χ4v) is 2.89. The molecule has 0 aliphatic heterocycles. The average molecular weight is 318 g/mol. The van der Waals surface area contributed by atoms with Gasteiger partial charge in [0.05, 0.1) is 5.69 Å². The number of aromatic nitrogens is 2. The van der Waals surface area contributed by atoms with Crippen LogP contribution in [0.3, 0.4) is 0 Å². The number of hydrogen-bond donors (Lipinski definition) is 0. The Hall–Kier alpha value is -2.21. The van der Waals surface area contributed by atoms with Gasteiger partial charge >= 0.3 is 0 Å². The first-order chi connectivity index (χ1) is 10.5. The third kappa shape index (κ3) is 3.01. The second-order valence-electron chi connectivity index (χ2n) is 4.88. The summed E-state index contributed by atoms with van der Waals surface area (Å²) in [6.07, 6.45) is 1.72. The van der Waals surface area contributed by atoms with E-state index in [4.69, 9.17) is 0 Å². The Morgan fingerprint density at radius 3 is 2.77 bits per heavy atom. The quantitative estimate of drug-likeness (QED) is 0.692. The van der Waals surface area contributed by atoms with Gasteiger partial charge in [-0.1, -0.05) is 6.07 Å². The number of hydrogen-bond acceptors (Lipinski definition) is 3. The maximum atomic E-state index is 13.6. The third-order valence-electron chi connectivity index (χ3n) is 3.13. The summed E-state index contributed by atoms with van der Waals surface area (Å²) in [5.41, 5.74) is 1.90.